The van der Waals surface area contributed by atoms with Crippen LogP contribution in [0.4, 0.5) is 17.6 Å². The second-order valence-electron chi connectivity index (χ2n) is 7.55. The van der Waals surface area contributed by atoms with Gasteiger partial charge in [0, 0.05) is 12.6 Å². The van der Waals surface area contributed by atoms with Gasteiger partial charge in [-0.3, -0.25) is 4.79 Å². The third kappa shape index (κ3) is 5.35. The zero-order chi connectivity index (χ0) is 21.7. The Morgan fingerprint density at radius 2 is 1.87 bits per heavy atom. The van der Waals surface area contributed by atoms with E-state index in [0.29, 0.717) is 17.1 Å². The Morgan fingerprint density at radius 3 is 2.50 bits per heavy atom. The zero-order valence-corrected chi connectivity index (χ0v) is 16.8. The molecule has 0 atom stereocenters. The van der Waals surface area contributed by atoms with Crippen molar-refractivity contribution >= 4 is 5.91 Å². The van der Waals surface area contributed by atoms with Crippen LogP contribution in [0.1, 0.15) is 54.7 Å². The van der Waals surface area contributed by atoms with Crippen LogP contribution in [-0.4, -0.2) is 52.0 Å². The van der Waals surface area contributed by atoms with Crippen molar-refractivity contribution < 1.29 is 22.4 Å². The van der Waals surface area contributed by atoms with Crippen molar-refractivity contribution in [2.45, 2.75) is 50.7 Å². The fraction of sp³-hybridized carbons (Fsp3) is 0.550. The third-order valence-electron chi connectivity index (χ3n) is 5.40. The first kappa shape index (κ1) is 22.2. The van der Waals surface area contributed by atoms with Crippen molar-refractivity contribution in [1.82, 2.24) is 25.2 Å². The first-order valence-electron chi connectivity index (χ1n) is 10.0. The molecule has 1 saturated carbocycles. The van der Waals surface area contributed by atoms with Crippen molar-refractivity contribution in [1.29, 1.82) is 0 Å². The Hall–Kier alpha value is -2.49. The summed E-state index contributed by atoms with van der Waals surface area (Å²) in [7, 11) is 2.04. The number of amides is 1. The maximum absolute atomic E-state index is 13.6. The lowest BCUT2D eigenvalue weighted by Gasteiger charge is -2.31. The minimum Gasteiger partial charge on any atom is -0.351 e. The fourth-order valence-corrected chi connectivity index (χ4v) is 3.77. The summed E-state index contributed by atoms with van der Waals surface area (Å²) in [4.78, 5) is 14.6. The number of aromatic nitrogens is 3. The molecule has 6 nitrogen and oxygen atoms in total. The fourth-order valence-electron chi connectivity index (χ4n) is 3.77. The molecule has 30 heavy (non-hydrogen) atoms. The minimum atomic E-state index is -4.86. The smallest absolute Gasteiger partial charge is 0.351 e. The van der Waals surface area contributed by atoms with E-state index in [1.54, 1.807) is 0 Å². The molecular weight excluding hydrogens is 402 g/mol. The molecule has 0 radical (unpaired) electrons. The van der Waals surface area contributed by atoms with Gasteiger partial charge >= 0.3 is 6.18 Å². The average Bonchev–Trinajstić information content (AvgIpc) is 3.18. The van der Waals surface area contributed by atoms with Gasteiger partial charge in [-0.1, -0.05) is 24.5 Å². The van der Waals surface area contributed by atoms with Crippen molar-refractivity contribution in [2.24, 2.45) is 0 Å². The molecule has 1 amide bonds. The molecule has 1 aromatic heterocycles. The third-order valence-corrected chi connectivity index (χ3v) is 5.40. The van der Waals surface area contributed by atoms with Gasteiger partial charge < -0.3 is 10.2 Å². The summed E-state index contributed by atoms with van der Waals surface area (Å²) in [6.07, 6.45) is 1.78. The van der Waals surface area contributed by atoms with Gasteiger partial charge in [0.15, 0.2) is 11.4 Å². The summed E-state index contributed by atoms with van der Waals surface area (Å²) in [5.74, 6) is -1.53. The number of halogens is 4. The van der Waals surface area contributed by atoms with Gasteiger partial charge in [0.05, 0.1) is 5.69 Å². The highest BCUT2D eigenvalue weighted by Crippen LogP contribution is 2.32. The molecule has 0 saturated heterocycles. The molecule has 2 aromatic rings. The van der Waals surface area contributed by atoms with Gasteiger partial charge in [0.25, 0.3) is 5.91 Å². The maximum Gasteiger partial charge on any atom is 0.435 e. The van der Waals surface area contributed by atoms with Crippen LogP contribution in [0.5, 0.6) is 0 Å². The predicted octanol–water partition coefficient (Wildman–Crippen LogP) is 3.81. The number of nitrogens with one attached hydrogen (secondary N) is 1. The van der Waals surface area contributed by atoms with Crippen LogP contribution in [0.25, 0.3) is 5.69 Å². The van der Waals surface area contributed by atoms with Gasteiger partial charge in [0.2, 0.25) is 0 Å². The molecule has 1 fully saturated rings. The van der Waals surface area contributed by atoms with E-state index >= 15 is 0 Å². The molecule has 1 aromatic carbocycles. The lowest BCUT2D eigenvalue weighted by Crippen LogP contribution is -2.36. The summed E-state index contributed by atoms with van der Waals surface area (Å²) in [5.41, 5.74) is -2.12. The zero-order valence-electron chi connectivity index (χ0n) is 16.8. The molecule has 1 aliphatic rings. The van der Waals surface area contributed by atoms with Gasteiger partial charge in [-0.25, -0.2) is 9.07 Å². The maximum atomic E-state index is 13.6. The molecule has 0 aliphatic heterocycles. The summed E-state index contributed by atoms with van der Waals surface area (Å²) >= 11 is 0. The van der Waals surface area contributed by atoms with Gasteiger partial charge in [0.1, 0.15) is 5.82 Å². The van der Waals surface area contributed by atoms with Crippen molar-refractivity contribution in [3.05, 3.63) is 41.5 Å². The summed E-state index contributed by atoms with van der Waals surface area (Å²) < 4.78 is 54.4. The van der Waals surface area contributed by atoms with Gasteiger partial charge in [-0.05, 0) is 57.1 Å². The Bertz CT molecular complexity index is 844. The molecule has 1 heterocycles. The second kappa shape index (κ2) is 9.55. The van der Waals surface area contributed by atoms with Crippen LogP contribution in [0.3, 0.4) is 0 Å². The monoisotopic (exact) mass is 427 g/mol. The summed E-state index contributed by atoms with van der Waals surface area (Å²) in [6.45, 7) is 0.982. The van der Waals surface area contributed by atoms with Crippen molar-refractivity contribution in [3.8, 4) is 5.69 Å². The summed E-state index contributed by atoms with van der Waals surface area (Å²) in [6, 6.07) is 4.84. The highest BCUT2D eigenvalue weighted by molar-refractivity contribution is 5.93. The normalized spacial score (nSPS) is 15.5. The highest BCUT2D eigenvalue weighted by atomic mass is 19.4. The second-order valence-corrected chi connectivity index (χ2v) is 7.55. The number of alkyl halides is 3. The van der Waals surface area contributed by atoms with Crippen LogP contribution in [0.15, 0.2) is 24.3 Å². The minimum absolute atomic E-state index is 0.0376. The molecule has 0 bridgehead atoms. The first-order chi connectivity index (χ1) is 14.3. The Morgan fingerprint density at radius 1 is 1.20 bits per heavy atom. The number of hydrogen-bond donors (Lipinski definition) is 1. The standard InChI is InChI=1S/C20H25F4N5O/c1-28(15-6-3-2-4-7-15)13-5-12-25-19(30)17-18(20(22,23)24)29(27-26-17)16-10-8-14(21)9-11-16/h8-11,15H,2-7,12-13H2,1H3,(H,25,30). The highest BCUT2D eigenvalue weighted by Gasteiger charge is 2.42. The quantitative estimate of drug-likeness (QED) is 0.539. The van der Waals surface area contributed by atoms with Gasteiger partial charge in [-0.2, -0.15) is 13.2 Å². The number of benzene rings is 1. The van der Waals surface area contributed by atoms with Crippen LogP contribution >= 0.6 is 0 Å². The van der Waals surface area contributed by atoms with E-state index in [0.717, 1.165) is 43.7 Å². The van der Waals surface area contributed by atoms with Crippen molar-refractivity contribution in [3.63, 3.8) is 0 Å². The molecule has 0 unspecified atom stereocenters. The number of hydrogen-bond acceptors (Lipinski definition) is 4. The SMILES string of the molecule is CN(CCCNC(=O)c1nnn(-c2ccc(F)cc2)c1C(F)(F)F)C1CCCCC1. The Labute approximate surface area is 172 Å². The predicted molar refractivity (Wildman–Crippen MR) is 103 cm³/mol. The molecule has 1 N–H and O–H groups in total. The molecule has 10 heteroatoms. The van der Waals surface area contributed by atoms with E-state index in [-0.39, 0.29) is 12.2 Å². The van der Waals surface area contributed by atoms with Crippen LogP contribution < -0.4 is 5.32 Å². The number of rotatable bonds is 7. The van der Waals surface area contributed by atoms with E-state index < -0.39 is 29.3 Å². The van der Waals surface area contributed by atoms with E-state index in [4.69, 9.17) is 0 Å². The van der Waals surface area contributed by atoms with Crippen LogP contribution in [0, 0.1) is 5.82 Å². The van der Waals surface area contributed by atoms with Gasteiger partial charge in [-0.15, -0.1) is 5.10 Å². The Kier molecular flexibility index (Phi) is 7.06. The number of carbonyl (C=O) groups excluding carboxylic acids is 1. The molecular formula is C20H25F4N5O. The number of carbonyl (C=O) groups is 1. The lowest BCUT2D eigenvalue weighted by atomic mass is 9.94. The lowest BCUT2D eigenvalue weighted by molar-refractivity contribution is -0.143. The molecule has 0 spiro atoms. The largest absolute Gasteiger partial charge is 0.435 e. The number of nitrogens with zero attached hydrogens (tertiary/aromatic N) is 4. The Balaban J connectivity index is 1.63. The van der Waals surface area contributed by atoms with E-state index in [2.05, 4.69) is 20.5 Å². The van der Waals surface area contributed by atoms with Crippen LogP contribution in [-0.2, 0) is 6.18 Å². The first-order valence-corrected chi connectivity index (χ1v) is 10.0. The average molecular weight is 427 g/mol. The van der Waals surface area contributed by atoms with E-state index in [9.17, 15) is 22.4 Å². The van der Waals surface area contributed by atoms with Crippen molar-refractivity contribution in [2.75, 3.05) is 20.1 Å². The summed E-state index contributed by atoms with van der Waals surface area (Å²) in [5, 5.41) is 9.42. The topological polar surface area (TPSA) is 63.1 Å². The molecule has 1 aliphatic carbocycles. The van der Waals surface area contributed by atoms with E-state index in [1.165, 1.54) is 19.3 Å². The molecule has 3 rings (SSSR count). The molecule has 164 valence electrons. The van der Waals surface area contributed by atoms with E-state index in [1.807, 2.05) is 7.05 Å². The van der Waals surface area contributed by atoms with Crippen LogP contribution in [0.2, 0.25) is 0 Å².